The smallest absolute Gasteiger partial charge is 0.253 e. The summed E-state index contributed by atoms with van der Waals surface area (Å²) in [5, 5.41) is 7.87. The predicted molar refractivity (Wildman–Crippen MR) is 97.9 cm³/mol. The first-order chi connectivity index (χ1) is 11.9. The second-order valence-corrected chi connectivity index (χ2v) is 7.05. The number of rotatable bonds is 4. The summed E-state index contributed by atoms with van der Waals surface area (Å²) in [4.78, 5) is 17.0. The van der Waals surface area contributed by atoms with E-state index in [4.69, 9.17) is 0 Å². The Hall–Kier alpha value is -2.28. The molecule has 0 atom stereocenters. The zero-order chi connectivity index (χ0) is 18.1. The lowest BCUT2D eigenvalue weighted by Gasteiger charge is -2.10. The van der Waals surface area contributed by atoms with Gasteiger partial charge in [-0.25, -0.2) is 14.1 Å². The molecule has 0 unspecified atom stereocenters. The molecule has 1 aromatic carbocycles. The Labute approximate surface area is 153 Å². The van der Waals surface area contributed by atoms with Crippen molar-refractivity contribution >= 4 is 32.9 Å². The number of nitrogens with zero attached hydrogens (tertiary/aromatic N) is 3. The van der Waals surface area contributed by atoms with Crippen molar-refractivity contribution in [2.45, 2.75) is 33.4 Å². The summed E-state index contributed by atoms with van der Waals surface area (Å²) in [6, 6.07) is 6.59. The normalized spacial score (nSPS) is 11.3. The molecule has 0 fully saturated rings. The number of nitrogens with one attached hydrogen (secondary N) is 1. The van der Waals surface area contributed by atoms with Crippen molar-refractivity contribution in [3.63, 3.8) is 0 Å². The number of hydrogen-bond donors (Lipinski definition) is 1. The fourth-order valence-electron chi connectivity index (χ4n) is 2.62. The molecule has 3 aromatic rings. The van der Waals surface area contributed by atoms with Gasteiger partial charge in [0.2, 0.25) is 0 Å². The summed E-state index contributed by atoms with van der Waals surface area (Å²) in [5.41, 5.74) is 2.25. The molecule has 0 bridgehead atoms. The number of halogens is 2. The summed E-state index contributed by atoms with van der Waals surface area (Å²) in [6.45, 7) is 5.94. The van der Waals surface area contributed by atoms with E-state index in [0.717, 1.165) is 15.5 Å². The number of carbonyl (C=O) groups is 1. The summed E-state index contributed by atoms with van der Waals surface area (Å²) < 4.78 is 16.4. The second-order valence-electron chi connectivity index (χ2n) is 6.14. The van der Waals surface area contributed by atoms with E-state index in [-0.39, 0.29) is 24.3 Å². The van der Waals surface area contributed by atoms with Crippen LogP contribution in [0.2, 0.25) is 0 Å². The van der Waals surface area contributed by atoms with Gasteiger partial charge in [-0.05, 0) is 45.0 Å². The van der Waals surface area contributed by atoms with Crippen LogP contribution < -0.4 is 5.32 Å². The van der Waals surface area contributed by atoms with E-state index in [9.17, 15) is 9.18 Å². The number of aromatic nitrogens is 3. The summed E-state index contributed by atoms with van der Waals surface area (Å²) in [5.74, 6) is -0.643. The molecule has 0 radical (unpaired) electrons. The first-order valence-corrected chi connectivity index (χ1v) is 8.73. The highest BCUT2D eigenvalue weighted by Crippen LogP contribution is 2.20. The van der Waals surface area contributed by atoms with Gasteiger partial charge in [-0.3, -0.25) is 4.79 Å². The maximum absolute atomic E-state index is 13.8. The van der Waals surface area contributed by atoms with Crippen LogP contribution in [0.1, 0.15) is 41.5 Å². The Balaban J connectivity index is 1.84. The lowest BCUT2D eigenvalue weighted by Crippen LogP contribution is -2.24. The van der Waals surface area contributed by atoms with Crippen molar-refractivity contribution in [3.05, 3.63) is 57.6 Å². The predicted octanol–water partition coefficient (Wildman–Crippen LogP) is 4.15. The highest BCUT2D eigenvalue weighted by molar-refractivity contribution is 9.10. The molecule has 0 aliphatic rings. The van der Waals surface area contributed by atoms with E-state index in [2.05, 4.69) is 31.3 Å². The Morgan fingerprint density at radius 2 is 2.12 bits per heavy atom. The lowest BCUT2D eigenvalue weighted by molar-refractivity contribution is 0.0949. The maximum atomic E-state index is 13.8. The Kier molecular flexibility index (Phi) is 4.85. The molecule has 5 nitrogen and oxygen atoms in total. The Morgan fingerprint density at radius 3 is 2.84 bits per heavy atom. The van der Waals surface area contributed by atoms with Gasteiger partial charge in [-0.15, -0.1) is 0 Å². The van der Waals surface area contributed by atoms with E-state index in [1.165, 1.54) is 6.07 Å². The Bertz CT molecular complexity index is 952. The minimum atomic E-state index is -0.355. The number of pyridine rings is 1. The van der Waals surface area contributed by atoms with Gasteiger partial charge in [0, 0.05) is 28.0 Å². The molecule has 7 heteroatoms. The highest BCUT2D eigenvalue weighted by atomic mass is 79.9. The van der Waals surface area contributed by atoms with Crippen LogP contribution in [0, 0.1) is 12.7 Å². The molecule has 2 heterocycles. The molecule has 3 rings (SSSR count). The van der Waals surface area contributed by atoms with E-state index in [1.807, 2.05) is 18.5 Å². The number of benzene rings is 1. The number of carbonyl (C=O) groups excluding carboxylic acids is 1. The fourth-order valence-corrected chi connectivity index (χ4v) is 3.03. The van der Waals surface area contributed by atoms with Crippen molar-refractivity contribution in [1.82, 2.24) is 20.1 Å². The van der Waals surface area contributed by atoms with Gasteiger partial charge in [0.1, 0.15) is 5.82 Å². The van der Waals surface area contributed by atoms with Gasteiger partial charge >= 0.3 is 0 Å². The molecular formula is C18H18BrFN4O. The largest absolute Gasteiger partial charge is 0.348 e. The van der Waals surface area contributed by atoms with Crippen LogP contribution in [0.25, 0.3) is 11.0 Å². The molecule has 1 amide bonds. The van der Waals surface area contributed by atoms with Gasteiger partial charge in [0.25, 0.3) is 5.91 Å². The number of aryl methyl sites for hydroxylation is 1. The molecule has 1 N–H and O–H groups in total. The zero-order valence-corrected chi connectivity index (χ0v) is 15.8. The van der Waals surface area contributed by atoms with Crippen molar-refractivity contribution in [2.75, 3.05) is 0 Å². The number of hydrogen-bond acceptors (Lipinski definition) is 3. The molecule has 0 saturated heterocycles. The van der Waals surface area contributed by atoms with Gasteiger partial charge in [-0.1, -0.05) is 15.9 Å². The third-order valence-electron chi connectivity index (χ3n) is 3.94. The molecular weight excluding hydrogens is 387 g/mol. The third kappa shape index (κ3) is 3.56. The van der Waals surface area contributed by atoms with Gasteiger partial charge in [0.15, 0.2) is 5.65 Å². The molecule has 0 saturated carbocycles. The number of fused-ring (bicyclic) bond motifs is 1. The number of amides is 1. The van der Waals surface area contributed by atoms with E-state index >= 15 is 0 Å². The van der Waals surface area contributed by atoms with Crippen LogP contribution in [0.15, 0.2) is 34.9 Å². The van der Waals surface area contributed by atoms with Crippen LogP contribution in [0.4, 0.5) is 4.39 Å². The highest BCUT2D eigenvalue weighted by Gasteiger charge is 2.15. The fraction of sp³-hybridized carbons (Fsp3) is 0.278. The van der Waals surface area contributed by atoms with Crippen molar-refractivity contribution < 1.29 is 9.18 Å². The van der Waals surface area contributed by atoms with Crippen LogP contribution in [-0.2, 0) is 6.54 Å². The maximum Gasteiger partial charge on any atom is 0.253 e. The van der Waals surface area contributed by atoms with Crippen molar-refractivity contribution in [3.8, 4) is 0 Å². The monoisotopic (exact) mass is 404 g/mol. The summed E-state index contributed by atoms with van der Waals surface area (Å²) in [6.07, 6.45) is 1.70. The first-order valence-electron chi connectivity index (χ1n) is 7.94. The molecule has 2 aromatic heterocycles. The topological polar surface area (TPSA) is 59.8 Å². The summed E-state index contributed by atoms with van der Waals surface area (Å²) >= 11 is 3.30. The third-order valence-corrected chi connectivity index (χ3v) is 4.43. The zero-order valence-electron chi connectivity index (χ0n) is 14.2. The second kappa shape index (κ2) is 6.92. The quantitative estimate of drug-likeness (QED) is 0.710. The average molecular weight is 405 g/mol. The Morgan fingerprint density at radius 1 is 1.36 bits per heavy atom. The van der Waals surface area contributed by atoms with Crippen LogP contribution in [0.5, 0.6) is 0 Å². The molecule has 130 valence electrons. The lowest BCUT2D eigenvalue weighted by atomic mass is 10.1. The van der Waals surface area contributed by atoms with Crippen molar-refractivity contribution in [1.29, 1.82) is 0 Å². The van der Waals surface area contributed by atoms with Crippen molar-refractivity contribution in [2.24, 2.45) is 0 Å². The van der Waals surface area contributed by atoms with E-state index < -0.39 is 0 Å². The minimum Gasteiger partial charge on any atom is -0.348 e. The molecule has 0 aliphatic carbocycles. The molecule has 0 aliphatic heterocycles. The van der Waals surface area contributed by atoms with E-state index in [0.29, 0.717) is 16.8 Å². The van der Waals surface area contributed by atoms with Gasteiger partial charge in [-0.2, -0.15) is 5.10 Å². The first kappa shape index (κ1) is 17.5. The molecule has 25 heavy (non-hydrogen) atoms. The SMILES string of the molecule is Cc1nc2c(cnn2C(C)C)cc1C(=O)NCc1cc(Br)ccc1F. The summed E-state index contributed by atoms with van der Waals surface area (Å²) in [7, 11) is 0. The average Bonchev–Trinajstić information content (AvgIpc) is 2.97. The van der Waals surface area contributed by atoms with Crippen LogP contribution >= 0.6 is 15.9 Å². The van der Waals surface area contributed by atoms with Gasteiger partial charge in [0.05, 0.1) is 17.5 Å². The van der Waals surface area contributed by atoms with Crippen LogP contribution in [0.3, 0.4) is 0 Å². The minimum absolute atomic E-state index is 0.104. The molecule has 0 spiro atoms. The van der Waals surface area contributed by atoms with Gasteiger partial charge < -0.3 is 5.32 Å². The van der Waals surface area contributed by atoms with E-state index in [1.54, 1.807) is 31.3 Å². The van der Waals surface area contributed by atoms with Crippen LogP contribution in [-0.4, -0.2) is 20.7 Å². The standard InChI is InChI=1S/C18H18BrFN4O/c1-10(2)24-17-13(9-22-24)7-15(11(3)23-17)18(25)21-8-12-6-14(19)4-5-16(12)20/h4-7,9-10H,8H2,1-3H3,(H,21,25).